The van der Waals surface area contributed by atoms with Crippen molar-refractivity contribution >= 4 is 43.9 Å². The molecule has 1 saturated heterocycles. The third kappa shape index (κ3) is 4.16. The molecule has 31 heavy (non-hydrogen) atoms. The van der Waals surface area contributed by atoms with Gasteiger partial charge in [-0.15, -0.1) is 11.3 Å². The molecule has 0 unspecified atom stereocenters. The number of benzene rings is 1. The largest absolute Gasteiger partial charge is 0.497 e. The maximum atomic E-state index is 13.0. The number of aromatic amines is 1. The molecule has 4 N–H and O–H groups in total. The van der Waals surface area contributed by atoms with Crippen LogP contribution in [0.5, 0.6) is 5.75 Å². The van der Waals surface area contributed by atoms with Crippen molar-refractivity contribution in [2.24, 2.45) is 0 Å². The van der Waals surface area contributed by atoms with E-state index >= 15 is 0 Å². The highest BCUT2D eigenvalue weighted by atomic mass is 32.1. The lowest BCUT2D eigenvalue weighted by molar-refractivity contribution is -0.124. The number of methoxy groups -OCH3 is 1. The number of likely N-dealkylation sites (N-methyl/N-ethyl adjacent to an activating group) is 1. The molecule has 0 radical (unpaired) electrons. The minimum atomic E-state index is -0.198. The summed E-state index contributed by atoms with van der Waals surface area (Å²) in [4.78, 5) is 20.1. The van der Waals surface area contributed by atoms with E-state index in [1.807, 2.05) is 26.1 Å². The van der Waals surface area contributed by atoms with Gasteiger partial charge in [0.25, 0.3) is 0 Å². The van der Waals surface area contributed by atoms with E-state index in [4.69, 9.17) is 20.6 Å². The highest BCUT2D eigenvalue weighted by Crippen LogP contribution is 2.34. The summed E-state index contributed by atoms with van der Waals surface area (Å²) in [6, 6.07) is 8.98. The van der Waals surface area contributed by atoms with Crippen molar-refractivity contribution in [3.8, 4) is 5.75 Å². The van der Waals surface area contributed by atoms with Crippen molar-refractivity contribution in [2.45, 2.75) is 13.0 Å². The molecule has 1 aliphatic rings. The fourth-order valence-electron chi connectivity index (χ4n) is 3.76. The smallest absolute Gasteiger partial charge is 0.244 e. The molecule has 3 aromatic rings. The van der Waals surface area contributed by atoms with Gasteiger partial charge in [-0.1, -0.05) is 0 Å². The first-order valence-electron chi connectivity index (χ1n) is 10.1. The van der Waals surface area contributed by atoms with E-state index in [2.05, 4.69) is 9.88 Å². The first kappa shape index (κ1) is 21.4. The minimum Gasteiger partial charge on any atom is -0.497 e. The van der Waals surface area contributed by atoms with Crippen molar-refractivity contribution in [3.63, 3.8) is 0 Å². The Labute approximate surface area is 185 Å². The number of H-pyrrole nitrogens is 1. The molecule has 9 heteroatoms. The molecular weight excluding hydrogens is 414 g/mol. The number of thiophene rings is 1. The molecule has 1 aliphatic heterocycles. The number of aromatic nitrogens is 1. The number of anilines is 2. The van der Waals surface area contributed by atoms with E-state index in [1.54, 1.807) is 30.2 Å². The molecule has 1 aromatic carbocycles. The summed E-state index contributed by atoms with van der Waals surface area (Å²) in [5, 5.41) is 9.43. The number of amides is 1. The summed E-state index contributed by atoms with van der Waals surface area (Å²) in [6.07, 6.45) is 0. The first-order chi connectivity index (χ1) is 14.9. The number of nitrogen functional groups attached to an aromatic ring is 1. The molecule has 1 fully saturated rings. The third-order valence-corrected chi connectivity index (χ3v) is 6.86. The molecule has 0 bridgehead atoms. The number of fused-ring (bicyclic) bond motifs is 1. The van der Waals surface area contributed by atoms with Crippen LogP contribution in [0.4, 0.5) is 10.7 Å². The number of morpholine rings is 1. The maximum absolute atomic E-state index is 13.0. The highest BCUT2D eigenvalue weighted by Gasteiger charge is 2.27. The fourth-order valence-corrected chi connectivity index (χ4v) is 4.78. The summed E-state index contributed by atoms with van der Waals surface area (Å²) >= 11 is 1.52. The number of nitrogens with one attached hydrogen (secondary N) is 2. The van der Waals surface area contributed by atoms with E-state index in [0.717, 1.165) is 28.3 Å². The van der Waals surface area contributed by atoms with Gasteiger partial charge in [0.05, 0.1) is 48.0 Å². The average molecular weight is 442 g/mol. The Hall–Kier alpha value is -2.88. The normalized spacial score (nSPS) is 15.7. The van der Waals surface area contributed by atoms with Crippen molar-refractivity contribution in [3.05, 3.63) is 41.6 Å². The Balaban J connectivity index is 1.52. The maximum Gasteiger partial charge on any atom is 0.244 e. The molecule has 164 valence electrons. The summed E-state index contributed by atoms with van der Waals surface area (Å²) < 4.78 is 11.6. The first-order valence-corrected chi connectivity index (χ1v) is 11.0. The van der Waals surface area contributed by atoms with Crippen LogP contribution in [0.2, 0.25) is 0 Å². The van der Waals surface area contributed by atoms with E-state index in [-0.39, 0.29) is 11.9 Å². The zero-order valence-electron chi connectivity index (χ0n) is 17.9. The molecule has 1 atom stereocenters. The topological polar surface area (TPSA) is 108 Å². The van der Waals surface area contributed by atoms with Gasteiger partial charge in [-0.25, -0.2) is 0 Å². The fraction of sp³-hybridized carbons (Fsp3) is 0.364. The number of rotatable bonds is 6. The van der Waals surface area contributed by atoms with Gasteiger partial charge in [0.15, 0.2) is 0 Å². The standard InChI is InChI=1S/C22H27N5O3S/c1-13(27-6-8-30-9-7-27)22(28)26(2)20-12-17-19(31-20)11-18(25-17)21(24)15-5-4-14(29-3)10-16(15)23/h4-5,10-13,24-25H,6-9,23H2,1-3H3/t13-/m0/s1. The second-order valence-electron chi connectivity index (χ2n) is 7.60. The van der Waals surface area contributed by atoms with Gasteiger partial charge in [-0.05, 0) is 31.2 Å². The van der Waals surface area contributed by atoms with Crippen LogP contribution in [0.15, 0.2) is 30.3 Å². The van der Waals surface area contributed by atoms with Crippen LogP contribution in [0.1, 0.15) is 18.2 Å². The summed E-state index contributed by atoms with van der Waals surface area (Å²) in [7, 11) is 3.39. The number of nitrogens with two attached hydrogens (primary N) is 1. The van der Waals surface area contributed by atoms with Crippen molar-refractivity contribution < 1.29 is 14.3 Å². The number of carbonyl (C=O) groups excluding carboxylic acids is 1. The van der Waals surface area contributed by atoms with Gasteiger partial charge in [0.1, 0.15) is 10.8 Å². The van der Waals surface area contributed by atoms with Crippen LogP contribution in [0.3, 0.4) is 0 Å². The molecule has 8 nitrogen and oxygen atoms in total. The van der Waals surface area contributed by atoms with Crippen LogP contribution in [0, 0.1) is 5.41 Å². The monoisotopic (exact) mass is 441 g/mol. The molecule has 1 amide bonds. The predicted octanol–water partition coefficient (Wildman–Crippen LogP) is 2.92. The predicted molar refractivity (Wildman–Crippen MR) is 125 cm³/mol. The average Bonchev–Trinajstić information content (AvgIpc) is 3.37. The van der Waals surface area contributed by atoms with Crippen LogP contribution in [-0.4, -0.2) is 68.0 Å². The Kier molecular flexibility index (Phi) is 5.99. The molecule has 2 aromatic heterocycles. The quantitative estimate of drug-likeness (QED) is 0.403. The Morgan fingerprint density at radius 1 is 1.32 bits per heavy atom. The van der Waals surface area contributed by atoms with E-state index in [1.165, 1.54) is 11.3 Å². The Morgan fingerprint density at radius 2 is 2.06 bits per heavy atom. The summed E-state index contributed by atoms with van der Waals surface area (Å²) in [5.74, 6) is 0.718. The van der Waals surface area contributed by atoms with Gasteiger partial charge in [0.2, 0.25) is 5.91 Å². The Bertz CT molecular complexity index is 1080. The van der Waals surface area contributed by atoms with E-state index in [0.29, 0.717) is 41.6 Å². The van der Waals surface area contributed by atoms with Crippen LogP contribution in [-0.2, 0) is 9.53 Å². The summed E-state index contributed by atoms with van der Waals surface area (Å²) in [6.45, 7) is 4.81. The third-order valence-electron chi connectivity index (χ3n) is 5.70. The number of carbonyl (C=O) groups is 1. The molecule has 0 aliphatic carbocycles. The number of hydrogen-bond donors (Lipinski definition) is 3. The highest BCUT2D eigenvalue weighted by molar-refractivity contribution is 7.23. The van der Waals surface area contributed by atoms with Gasteiger partial charge in [0, 0.05) is 37.5 Å². The van der Waals surface area contributed by atoms with Crippen LogP contribution < -0.4 is 15.4 Å². The minimum absolute atomic E-state index is 0.0600. The van der Waals surface area contributed by atoms with Crippen molar-refractivity contribution in [1.29, 1.82) is 5.41 Å². The second-order valence-corrected chi connectivity index (χ2v) is 8.66. The lowest BCUT2D eigenvalue weighted by atomic mass is 10.1. The molecular formula is C22H27N5O3S. The number of ether oxygens (including phenoxy) is 2. The van der Waals surface area contributed by atoms with Gasteiger partial charge >= 0.3 is 0 Å². The molecule has 3 heterocycles. The lowest BCUT2D eigenvalue weighted by Crippen LogP contribution is -2.50. The number of nitrogens with zero attached hydrogens (tertiary/aromatic N) is 2. The van der Waals surface area contributed by atoms with Crippen LogP contribution >= 0.6 is 11.3 Å². The van der Waals surface area contributed by atoms with Crippen molar-refractivity contribution in [1.82, 2.24) is 9.88 Å². The molecule has 0 spiro atoms. The lowest BCUT2D eigenvalue weighted by Gasteiger charge is -2.33. The number of hydrogen-bond acceptors (Lipinski definition) is 7. The Morgan fingerprint density at radius 3 is 2.71 bits per heavy atom. The van der Waals surface area contributed by atoms with Gasteiger partial charge in [-0.2, -0.15) is 0 Å². The zero-order chi connectivity index (χ0) is 22.1. The van der Waals surface area contributed by atoms with Crippen molar-refractivity contribution in [2.75, 3.05) is 51.1 Å². The SMILES string of the molecule is COc1ccc(C(=N)c2cc3sc(N(C)C(=O)[C@H](C)N4CCOCC4)cc3[nH]2)c(N)c1. The summed E-state index contributed by atoms with van der Waals surface area (Å²) in [5.41, 5.74) is 9.13. The van der Waals surface area contributed by atoms with Gasteiger partial charge in [-0.3, -0.25) is 15.1 Å². The zero-order valence-corrected chi connectivity index (χ0v) is 18.7. The van der Waals surface area contributed by atoms with Crippen LogP contribution in [0.25, 0.3) is 10.2 Å². The second kappa shape index (κ2) is 8.70. The van der Waals surface area contributed by atoms with Gasteiger partial charge < -0.3 is 25.1 Å². The molecule has 0 saturated carbocycles. The van der Waals surface area contributed by atoms with E-state index in [9.17, 15) is 4.79 Å². The van der Waals surface area contributed by atoms with E-state index < -0.39 is 0 Å². The molecule has 4 rings (SSSR count).